The largest absolute Gasteiger partial charge is 0.462 e. The summed E-state index contributed by atoms with van der Waals surface area (Å²) in [5, 5.41) is 0. The van der Waals surface area contributed by atoms with Crippen molar-refractivity contribution in [2.75, 3.05) is 13.2 Å². The Morgan fingerprint density at radius 2 is 0.549 bits per heavy atom. The van der Waals surface area contributed by atoms with E-state index in [9.17, 15) is 14.4 Å². The van der Waals surface area contributed by atoms with E-state index in [1.807, 2.05) is 0 Å². The lowest BCUT2D eigenvalue weighted by Gasteiger charge is -2.18. The zero-order chi connectivity index (χ0) is 51.4. The second kappa shape index (κ2) is 58.6. The van der Waals surface area contributed by atoms with Crippen molar-refractivity contribution in [3.63, 3.8) is 0 Å². The maximum atomic E-state index is 12.8. The van der Waals surface area contributed by atoms with Gasteiger partial charge in [-0.3, -0.25) is 14.4 Å². The van der Waals surface area contributed by atoms with Crippen LogP contribution >= 0.6 is 0 Å². The molecule has 0 saturated carbocycles. The van der Waals surface area contributed by atoms with Crippen LogP contribution in [0.5, 0.6) is 0 Å². The number of esters is 3. The topological polar surface area (TPSA) is 78.9 Å². The molecule has 1 atom stereocenters. The number of hydrogen-bond acceptors (Lipinski definition) is 6. The van der Waals surface area contributed by atoms with E-state index in [-0.39, 0.29) is 37.5 Å². The Morgan fingerprint density at radius 3 is 0.859 bits per heavy atom. The smallest absolute Gasteiger partial charge is 0.306 e. The van der Waals surface area contributed by atoms with Crippen molar-refractivity contribution in [2.24, 2.45) is 0 Å². The molecule has 0 bridgehead atoms. The summed E-state index contributed by atoms with van der Waals surface area (Å²) in [6.45, 7) is 6.46. The van der Waals surface area contributed by atoms with Crippen LogP contribution in [-0.4, -0.2) is 37.2 Å². The third-order valence-electron chi connectivity index (χ3n) is 12.3. The molecule has 6 nitrogen and oxygen atoms in total. The molecule has 0 fully saturated rings. The van der Waals surface area contributed by atoms with Gasteiger partial charge in [-0.15, -0.1) is 0 Å². The van der Waals surface area contributed by atoms with Gasteiger partial charge in [0.1, 0.15) is 13.2 Å². The molecule has 0 aromatic rings. The van der Waals surface area contributed by atoms with E-state index in [4.69, 9.17) is 14.2 Å². The van der Waals surface area contributed by atoms with Crippen LogP contribution in [0.1, 0.15) is 265 Å². The van der Waals surface area contributed by atoms with Crippen molar-refractivity contribution in [3.8, 4) is 0 Å². The maximum absolute atomic E-state index is 12.8. The zero-order valence-electron chi connectivity index (χ0n) is 46.2. The van der Waals surface area contributed by atoms with Gasteiger partial charge in [0.25, 0.3) is 0 Å². The van der Waals surface area contributed by atoms with Crippen LogP contribution in [0.3, 0.4) is 0 Å². The maximum Gasteiger partial charge on any atom is 0.306 e. The average Bonchev–Trinajstić information content (AvgIpc) is 3.37. The lowest BCUT2D eigenvalue weighted by atomic mass is 10.0. The Morgan fingerprint density at radius 1 is 0.296 bits per heavy atom. The number of allylic oxidation sites excluding steroid dienone is 18. The van der Waals surface area contributed by atoms with E-state index < -0.39 is 6.10 Å². The predicted octanol–water partition coefficient (Wildman–Crippen LogP) is 19.9. The highest BCUT2D eigenvalue weighted by Crippen LogP contribution is 2.15. The molecule has 0 rings (SSSR count). The molecule has 0 aromatic carbocycles. The van der Waals surface area contributed by atoms with E-state index >= 15 is 0 Å². The Kier molecular flexibility index (Phi) is 55.4. The summed E-state index contributed by atoms with van der Waals surface area (Å²) < 4.78 is 16.8. The summed E-state index contributed by atoms with van der Waals surface area (Å²) in [5.41, 5.74) is 0. The summed E-state index contributed by atoms with van der Waals surface area (Å²) in [5.74, 6) is -0.955. The highest BCUT2D eigenvalue weighted by Gasteiger charge is 2.19. The first-order valence-corrected chi connectivity index (χ1v) is 29.4. The third-order valence-corrected chi connectivity index (χ3v) is 12.3. The molecule has 0 radical (unpaired) electrons. The fraction of sp³-hybridized carbons (Fsp3) is 0.677. The molecule has 0 heterocycles. The van der Waals surface area contributed by atoms with Crippen molar-refractivity contribution in [2.45, 2.75) is 271 Å². The van der Waals surface area contributed by atoms with Crippen molar-refractivity contribution in [3.05, 3.63) is 109 Å². The standard InChI is InChI=1S/C65H108O6/c1-4-7-10-13-16-19-21-23-25-26-27-28-29-30-31-32-33-34-35-36-37-38-40-41-43-46-49-52-55-58-64(67)70-61-62(60-69-63(66)57-54-51-48-45-18-15-12-9-6-3)71-65(68)59-56-53-50-47-44-42-39-24-22-20-17-14-11-8-5-2/h7,10,16,19,23,25,27-28,30-31,33-34,36-37,40-41,46,49,62H,4-6,8-9,11-15,17-18,20-22,24,26,29,32,35,38-39,42-45,47-48,50-61H2,1-3H3/b10-7-,19-16-,25-23-,28-27-,31-30-,34-33-,37-36-,41-40-,49-46-. The zero-order valence-corrected chi connectivity index (χ0v) is 46.2. The Hall–Kier alpha value is -3.93. The molecule has 0 saturated heterocycles. The summed E-state index contributed by atoms with van der Waals surface area (Å²) in [4.78, 5) is 38.0. The van der Waals surface area contributed by atoms with Crippen LogP contribution < -0.4 is 0 Å². The molecule has 0 spiro atoms. The minimum absolute atomic E-state index is 0.0936. The van der Waals surface area contributed by atoms with Crippen LogP contribution in [-0.2, 0) is 28.6 Å². The molecule has 0 aromatic heterocycles. The van der Waals surface area contributed by atoms with E-state index in [0.29, 0.717) is 19.3 Å². The molecule has 0 aliphatic heterocycles. The molecule has 0 amide bonds. The highest BCUT2D eigenvalue weighted by molar-refractivity contribution is 5.71. The highest BCUT2D eigenvalue weighted by atomic mass is 16.6. The van der Waals surface area contributed by atoms with Crippen molar-refractivity contribution < 1.29 is 28.6 Å². The number of carbonyl (C=O) groups excluding carboxylic acids is 3. The van der Waals surface area contributed by atoms with Crippen LogP contribution in [0.2, 0.25) is 0 Å². The normalized spacial score (nSPS) is 12.9. The third kappa shape index (κ3) is 56.9. The number of unbranched alkanes of at least 4 members (excludes halogenated alkanes) is 23. The van der Waals surface area contributed by atoms with Crippen molar-refractivity contribution in [1.29, 1.82) is 0 Å². The molecule has 0 aliphatic rings. The van der Waals surface area contributed by atoms with Gasteiger partial charge in [0.05, 0.1) is 0 Å². The van der Waals surface area contributed by atoms with E-state index in [2.05, 4.69) is 130 Å². The first kappa shape index (κ1) is 67.1. The minimum Gasteiger partial charge on any atom is -0.462 e. The number of hydrogen-bond donors (Lipinski definition) is 0. The summed E-state index contributed by atoms with van der Waals surface area (Å²) in [6.07, 6.45) is 79.6. The van der Waals surface area contributed by atoms with Gasteiger partial charge in [0.15, 0.2) is 6.10 Å². The average molecular weight is 986 g/mol. The summed E-state index contributed by atoms with van der Waals surface area (Å²) >= 11 is 0. The van der Waals surface area contributed by atoms with Gasteiger partial charge in [-0.1, -0.05) is 271 Å². The van der Waals surface area contributed by atoms with Gasteiger partial charge in [-0.25, -0.2) is 0 Å². The van der Waals surface area contributed by atoms with Gasteiger partial charge in [0.2, 0.25) is 0 Å². The minimum atomic E-state index is -0.798. The molecule has 71 heavy (non-hydrogen) atoms. The quantitative estimate of drug-likeness (QED) is 0.0261. The lowest BCUT2D eigenvalue weighted by molar-refractivity contribution is -0.167. The first-order chi connectivity index (χ1) is 35.0. The molecular formula is C65H108O6. The van der Waals surface area contributed by atoms with Crippen LogP contribution in [0.15, 0.2) is 109 Å². The van der Waals surface area contributed by atoms with Crippen LogP contribution in [0.25, 0.3) is 0 Å². The summed E-state index contributed by atoms with van der Waals surface area (Å²) in [6, 6.07) is 0. The first-order valence-electron chi connectivity index (χ1n) is 29.4. The molecule has 6 heteroatoms. The van der Waals surface area contributed by atoms with Crippen LogP contribution in [0, 0.1) is 0 Å². The van der Waals surface area contributed by atoms with Gasteiger partial charge in [-0.2, -0.15) is 0 Å². The summed E-state index contributed by atoms with van der Waals surface area (Å²) in [7, 11) is 0. The lowest BCUT2D eigenvalue weighted by Crippen LogP contribution is -2.30. The fourth-order valence-corrected chi connectivity index (χ4v) is 7.91. The fourth-order valence-electron chi connectivity index (χ4n) is 7.91. The van der Waals surface area contributed by atoms with E-state index in [1.165, 1.54) is 116 Å². The predicted molar refractivity (Wildman–Crippen MR) is 307 cm³/mol. The SMILES string of the molecule is CC/C=C\C/C=C\C/C=C\C/C=C\C/C=C\C/C=C\C/C=C\C/C=C\C/C=C\CCCC(=O)OCC(COC(=O)CCCCCCCCCCC)OC(=O)CCCCCCCCCCCCCCCCC. The Labute approximate surface area is 438 Å². The van der Waals surface area contributed by atoms with Crippen LogP contribution in [0.4, 0.5) is 0 Å². The number of ether oxygens (including phenoxy) is 3. The van der Waals surface area contributed by atoms with Crippen molar-refractivity contribution >= 4 is 17.9 Å². The van der Waals surface area contributed by atoms with Gasteiger partial charge in [0, 0.05) is 19.3 Å². The molecular weight excluding hydrogens is 877 g/mol. The number of rotatable bonds is 52. The molecule has 0 N–H and O–H groups in total. The molecule has 1 unspecified atom stereocenters. The molecule has 0 aliphatic carbocycles. The molecule has 404 valence electrons. The monoisotopic (exact) mass is 985 g/mol. The number of carbonyl (C=O) groups is 3. The van der Waals surface area contributed by atoms with Gasteiger partial charge < -0.3 is 14.2 Å². The van der Waals surface area contributed by atoms with Gasteiger partial charge >= 0.3 is 17.9 Å². The Bertz CT molecular complexity index is 1460. The van der Waals surface area contributed by atoms with E-state index in [0.717, 1.165) is 103 Å². The van der Waals surface area contributed by atoms with Gasteiger partial charge in [-0.05, 0) is 83.5 Å². The second-order valence-corrected chi connectivity index (χ2v) is 19.2. The van der Waals surface area contributed by atoms with Crippen molar-refractivity contribution in [1.82, 2.24) is 0 Å². The van der Waals surface area contributed by atoms with E-state index in [1.54, 1.807) is 0 Å². The Balaban J connectivity index is 4.34. The second-order valence-electron chi connectivity index (χ2n) is 19.2.